The van der Waals surface area contributed by atoms with Crippen LogP contribution in [0, 0.1) is 5.41 Å². The van der Waals surface area contributed by atoms with E-state index >= 15 is 0 Å². The molecule has 0 spiro atoms. The summed E-state index contributed by atoms with van der Waals surface area (Å²) in [6.07, 6.45) is 0.625. The number of rotatable bonds is 10. The molecule has 7 heteroatoms. The van der Waals surface area contributed by atoms with Gasteiger partial charge in [0, 0.05) is 6.54 Å². The monoisotopic (exact) mass is 325 g/mol. The Morgan fingerprint density at radius 2 is 1.74 bits per heavy atom. The van der Waals surface area contributed by atoms with E-state index in [0.717, 1.165) is 5.56 Å². The van der Waals surface area contributed by atoms with E-state index in [1.807, 2.05) is 12.1 Å². The van der Waals surface area contributed by atoms with Gasteiger partial charge in [-0.1, -0.05) is 13.0 Å². The van der Waals surface area contributed by atoms with Gasteiger partial charge in [0.05, 0.1) is 14.2 Å². The van der Waals surface area contributed by atoms with Crippen LogP contribution < -0.4 is 14.8 Å². The normalized spacial score (nSPS) is 11.1. The summed E-state index contributed by atoms with van der Waals surface area (Å²) in [5, 5.41) is 21.3. The number of carboxylic acid groups (broad SMARTS) is 2. The molecule has 0 aliphatic rings. The maximum Gasteiger partial charge on any atom is 0.322 e. The molecule has 0 bridgehead atoms. The van der Waals surface area contributed by atoms with E-state index in [0.29, 0.717) is 24.5 Å². The summed E-state index contributed by atoms with van der Waals surface area (Å²) >= 11 is 0. The Kier molecular flexibility index (Phi) is 6.84. The third kappa shape index (κ3) is 4.35. The smallest absolute Gasteiger partial charge is 0.322 e. The molecule has 0 fully saturated rings. The third-order valence-corrected chi connectivity index (χ3v) is 3.89. The van der Waals surface area contributed by atoms with Crippen LogP contribution in [0.4, 0.5) is 0 Å². The van der Waals surface area contributed by atoms with E-state index < -0.39 is 17.4 Å². The Balaban J connectivity index is 2.63. The van der Waals surface area contributed by atoms with Crippen molar-refractivity contribution in [3.63, 3.8) is 0 Å². The molecular formula is C16H23NO6. The highest BCUT2D eigenvalue weighted by molar-refractivity contribution is 5.98. The zero-order chi connectivity index (χ0) is 17.5. The molecule has 3 N–H and O–H groups in total. The Morgan fingerprint density at radius 3 is 2.22 bits per heavy atom. The van der Waals surface area contributed by atoms with Crippen LogP contribution in [-0.4, -0.2) is 49.5 Å². The van der Waals surface area contributed by atoms with Gasteiger partial charge in [-0.25, -0.2) is 0 Å². The molecule has 1 rings (SSSR count). The number of methoxy groups -OCH3 is 2. The van der Waals surface area contributed by atoms with Crippen LogP contribution in [0.15, 0.2) is 18.2 Å². The number of hydrogen-bond acceptors (Lipinski definition) is 5. The quantitative estimate of drug-likeness (QED) is 0.441. The first-order chi connectivity index (χ1) is 10.9. The standard InChI is InChI=1S/C16H23NO6/c1-4-16(14(18)19,15(20)21)10-17-8-7-11-5-6-12(22-2)13(9-11)23-3/h5-6,9,17H,4,7-8,10H2,1-3H3,(H,18,19)(H,20,21). The first-order valence-electron chi connectivity index (χ1n) is 7.29. The number of carbonyl (C=O) groups is 2. The summed E-state index contributed by atoms with van der Waals surface area (Å²) in [4.78, 5) is 22.5. The van der Waals surface area contributed by atoms with E-state index in [4.69, 9.17) is 9.47 Å². The summed E-state index contributed by atoms with van der Waals surface area (Å²) < 4.78 is 10.4. The molecule has 0 aliphatic heterocycles. The largest absolute Gasteiger partial charge is 0.493 e. The van der Waals surface area contributed by atoms with Crippen LogP contribution in [0.5, 0.6) is 11.5 Å². The molecule has 0 unspecified atom stereocenters. The van der Waals surface area contributed by atoms with Crippen molar-refractivity contribution in [2.45, 2.75) is 19.8 Å². The number of hydrogen-bond donors (Lipinski definition) is 3. The first kappa shape index (κ1) is 18.8. The van der Waals surface area contributed by atoms with Gasteiger partial charge in [0.1, 0.15) is 0 Å². The lowest BCUT2D eigenvalue weighted by Gasteiger charge is -2.23. The fourth-order valence-electron chi connectivity index (χ4n) is 2.24. The second-order valence-electron chi connectivity index (χ2n) is 5.16. The summed E-state index contributed by atoms with van der Waals surface area (Å²) in [6.45, 7) is 1.89. The Hall–Kier alpha value is -2.28. The van der Waals surface area contributed by atoms with Crippen LogP contribution in [-0.2, 0) is 16.0 Å². The van der Waals surface area contributed by atoms with E-state index in [1.54, 1.807) is 27.2 Å². The fourth-order valence-corrected chi connectivity index (χ4v) is 2.24. The summed E-state index contributed by atoms with van der Waals surface area (Å²) in [5.74, 6) is -1.41. The van der Waals surface area contributed by atoms with Gasteiger partial charge in [0.15, 0.2) is 16.9 Å². The Morgan fingerprint density at radius 1 is 1.13 bits per heavy atom. The molecule has 0 atom stereocenters. The summed E-state index contributed by atoms with van der Waals surface area (Å²) in [7, 11) is 3.11. The molecule has 0 amide bonds. The molecule has 0 heterocycles. The van der Waals surface area contributed by atoms with Crippen molar-refractivity contribution in [3.8, 4) is 11.5 Å². The van der Waals surface area contributed by atoms with Crippen molar-refractivity contribution in [1.82, 2.24) is 5.32 Å². The SMILES string of the molecule is CCC(CNCCc1ccc(OC)c(OC)c1)(C(=O)O)C(=O)O. The topological polar surface area (TPSA) is 105 Å². The van der Waals surface area contributed by atoms with Gasteiger partial charge < -0.3 is 25.0 Å². The molecule has 0 aliphatic carbocycles. The third-order valence-electron chi connectivity index (χ3n) is 3.89. The van der Waals surface area contributed by atoms with Crippen molar-refractivity contribution in [1.29, 1.82) is 0 Å². The Bertz CT molecular complexity index is 544. The first-order valence-corrected chi connectivity index (χ1v) is 7.29. The molecule has 1 aromatic carbocycles. The zero-order valence-corrected chi connectivity index (χ0v) is 13.6. The van der Waals surface area contributed by atoms with Crippen molar-refractivity contribution in [2.75, 3.05) is 27.3 Å². The summed E-state index contributed by atoms with van der Waals surface area (Å²) in [5.41, 5.74) is -0.819. The number of aliphatic carboxylic acids is 2. The second-order valence-corrected chi connectivity index (χ2v) is 5.16. The molecule has 0 saturated heterocycles. The van der Waals surface area contributed by atoms with Crippen molar-refractivity contribution in [3.05, 3.63) is 23.8 Å². The lowest BCUT2D eigenvalue weighted by molar-refractivity contribution is -0.164. The minimum Gasteiger partial charge on any atom is -0.493 e. The van der Waals surface area contributed by atoms with Gasteiger partial charge in [0.25, 0.3) is 0 Å². The van der Waals surface area contributed by atoms with Gasteiger partial charge in [-0.15, -0.1) is 0 Å². The number of carboxylic acids is 2. The molecule has 23 heavy (non-hydrogen) atoms. The highest BCUT2D eigenvalue weighted by Crippen LogP contribution is 2.27. The lowest BCUT2D eigenvalue weighted by Crippen LogP contribution is -2.47. The fraction of sp³-hybridized carbons (Fsp3) is 0.500. The number of nitrogens with one attached hydrogen (secondary N) is 1. The van der Waals surface area contributed by atoms with Gasteiger partial charge in [-0.3, -0.25) is 9.59 Å². The Labute approximate surface area is 135 Å². The van der Waals surface area contributed by atoms with Crippen LogP contribution in [0.1, 0.15) is 18.9 Å². The van der Waals surface area contributed by atoms with Gasteiger partial charge in [-0.2, -0.15) is 0 Å². The predicted molar refractivity (Wildman–Crippen MR) is 84.1 cm³/mol. The average molecular weight is 325 g/mol. The number of benzene rings is 1. The van der Waals surface area contributed by atoms with Crippen LogP contribution in [0.25, 0.3) is 0 Å². The zero-order valence-electron chi connectivity index (χ0n) is 13.6. The van der Waals surface area contributed by atoms with Crippen LogP contribution in [0.3, 0.4) is 0 Å². The molecule has 128 valence electrons. The minimum atomic E-state index is -1.79. The van der Waals surface area contributed by atoms with Gasteiger partial charge >= 0.3 is 11.9 Å². The molecule has 0 radical (unpaired) electrons. The van der Waals surface area contributed by atoms with E-state index in [2.05, 4.69) is 5.32 Å². The lowest BCUT2D eigenvalue weighted by atomic mass is 9.85. The molecule has 7 nitrogen and oxygen atoms in total. The minimum absolute atomic E-state index is 0.0149. The van der Waals surface area contributed by atoms with Gasteiger partial charge in [0.2, 0.25) is 0 Å². The van der Waals surface area contributed by atoms with Crippen molar-refractivity contribution in [2.24, 2.45) is 5.41 Å². The van der Waals surface area contributed by atoms with E-state index in [9.17, 15) is 19.8 Å². The average Bonchev–Trinajstić information content (AvgIpc) is 2.54. The van der Waals surface area contributed by atoms with E-state index in [1.165, 1.54) is 0 Å². The molecule has 1 aromatic rings. The number of ether oxygens (including phenoxy) is 2. The maximum atomic E-state index is 11.3. The van der Waals surface area contributed by atoms with Crippen LogP contribution >= 0.6 is 0 Å². The molecule has 0 saturated carbocycles. The predicted octanol–water partition coefficient (Wildman–Crippen LogP) is 1.40. The molecule has 0 aromatic heterocycles. The van der Waals surface area contributed by atoms with Crippen molar-refractivity contribution < 1.29 is 29.3 Å². The highest BCUT2D eigenvalue weighted by atomic mass is 16.5. The summed E-state index contributed by atoms with van der Waals surface area (Å²) in [6, 6.07) is 5.51. The highest BCUT2D eigenvalue weighted by Gasteiger charge is 2.44. The second kappa shape index (κ2) is 8.38. The molecular weight excluding hydrogens is 302 g/mol. The van der Waals surface area contributed by atoms with Crippen molar-refractivity contribution >= 4 is 11.9 Å². The van der Waals surface area contributed by atoms with Gasteiger partial charge in [-0.05, 0) is 37.1 Å². The maximum absolute atomic E-state index is 11.3. The van der Waals surface area contributed by atoms with Crippen LogP contribution in [0.2, 0.25) is 0 Å². The van der Waals surface area contributed by atoms with E-state index in [-0.39, 0.29) is 13.0 Å².